The zero-order chi connectivity index (χ0) is 13.9. The number of fused-ring (bicyclic) bond motifs is 1. The van der Waals surface area contributed by atoms with Gasteiger partial charge in [0.1, 0.15) is 0 Å². The molecule has 0 radical (unpaired) electrons. The van der Waals surface area contributed by atoms with Crippen molar-refractivity contribution in [1.82, 2.24) is 10.3 Å². The van der Waals surface area contributed by atoms with Crippen LogP contribution in [0.3, 0.4) is 0 Å². The van der Waals surface area contributed by atoms with Crippen LogP contribution < -0.4 is 5.32 Å². The van der Waals surface area contributed by atoms with Crippen molar-refractivity contribution < 1.29 is 9.53 Å². The van der Waals surface area contributed by atoms with E-state index in [1.165, 1.54) is 0 Å². The van der Waals surface area contributed by atoms with E-state index in [4.69, 9.17) is 4.74 Å². The number of nitrogens with one attached hydrogen (secondary N) is 1. The van der Waals surface area contributed by atoms with E-state index in [0.717, 1.165) is 34.8 Å². The number of ether oxygens (including phenoxy) is 1. The lowest BCUT2D eigenvalue weighted by molar-refractivity contribution is 0.0859. The van der Waals surface area contributed by atoms with Crippen LogP contribution in [0, 0.1) is 0 Å². The Morgan fingerprint density at radius 2 is 2.35 bits per heavy atom. The summed E-state index contributed by atoms with van der Waals surface area (Å²) in [5.41, 5.74) is 1.45. The molecule has 3 rings (SSSR count). The molecule has 2 heterocycles. The van der Waals surface area contributed by atoms with Crippen molar-refractivity contribution in [3.63, 3.8) is 0 Å². The Balaban J connectivity index is 1.82. The van der Waals surface area contributed by atoms with Crippen LogP contribution in [-0.4, -0.2) is 30.1 Å². The third kappa shape index (κ3) is 2.69. The van der Waals surface area contributed by atoms with Gasteiger partial charge in [-0.1, -0.05) is 12.1 Å². The fourth-order valence-electron chi connectivity index (χ4n) is 2.45. The number of benzene rings is 1. The fourth-order valence-corrected chi connectivity index (χ4v) is 2.91. The predicted molar refractivity (Wildman–Crippen MR) is 80.8 cm³/mol. The van der Waals surface area contributed by atoms with Crippen LogP contribution >= 0.6 is 15.9 Å². The Morgan fingerprint density at radius 3 is 3.15 bits per heavy atom. The van der Waals surface area contributed by atoms with Crippen molar-refractivity contribution in [3.05, 3.63) is 40.5 Å². The molecule has 1 aromatic heterocycles. The zero-order valence-electron chi connectivity index (χ0n) is 10.9. The van der Waals surface area contributed by atoms with E-state index in [2.05, 4.69) is 26.2 Å². The molecule has 104 valence electrons. The minimum absolute atomic E-state index is 0.0778. The molecule has 1 saturated heterocycles. The number of pyridine rings is 1. The molecule has 0 bridgehead atoms. The Morgan fingerprint density at radius 1 is 1.45 bits per heavy atom. The largest absolute Gasteiger partial charge is 0.376 e. The van der Waals surface area contributed by atoms with Crippen molar-refractivity contribution in [2.24, 2.45) is 0 Å². The first kappa shape index (κ1) is 13.5. The van der Waals surface area contributed by atoms with Gasteiger partial charge in [-0.2, -0.15) is 0 Å². The molecule has 20 heavy (non-hydrogen) atoms. The summed E-state index contributed by atoms with van der Waals surface area (Å²) in [5.74, 6) is -0.0778. The molecule has 1 aliphatic heterocycles. The van der Waals surface area contributed by atoms with Gasteiger partial charge in [0.25, 0.3) is 5.91 Å². The minimum Gasteiger partial charge on any atom is -0.376 e. The summed E-state index contributed by atoms with van der Waals surface area (Å²) in [6, 6.07) is 7.49. The zero-order valence-corrected chi connectivity index (χ0v) is 12.5. The summed E-state index contributed by atoms with van der Waals surface area (Å²) in [4.78, 5) is 16.6. The van der Waals surface area contributed by atoms with E-state index in [0.29, 0.717) is 12.1 Å². The second-order valence-electron chi connectivity index (χ2n) is 4.84. The summed E-state index contributed by atoms with van der Waals surface area (Å²) < 4.78 is 6.40. The first-order valence-corrected chi connectivity index (χ1v) is 7.48. The molecule has 0 spiro atoms. The SMILES string of the molecule is O=C(NC[C@H]1CCCO1)c1ccnc2c(Br)cccc12. The average molecular weight is 335 g/mol. The topological polar surface area (TPSA) is 51.2 Å². The number of aromatic nitrogens is 1. The van der Waals surface area contributed by atoms with Crippen LogP contribution in [0.2, 0.25) is 0 Å². The van der Waals surface area contributed by atoms with Gasteiger partial charge in [0.2, 0.25) is 0 Å². The van der Waals surface area contributed by atoms with Gasteiger partial charge in [-0.3, -0.25) is 9.78 Å². The molecule has 0 aliphatic carbocycles. The van der Waals surface area contributed by atoms with Gasteiger partial charge in [-0.05, 0) is 40.9 Å². The summed E-state index contributed by atoms with van der Waals surface area (Å²) >= 11 is 3.46. The van der Waals surface area contributed by atoms with Crippen LogP contribution in [0.5, 0.6) is 0 Å². The predicted octanol–water partition coefficient (Wildman–Crippen LogP) is 2.91. The van der Waals surface area contributed by atoms with E-state index < -0.39 is 0 Å². The van der Waals surface area contributed by atoms with E-state index >= 15 is 0 Å². The van der Waals surface area contributed by atoms with Gasteiger partial charge in [-0.15, -0.1) is 0 Å². The molecule has 1 amide bonds. The second-order valence-corrected chi connectivity index (χ2v) is 5.69. The molecular weight excluding hydrogens is 320 g/mol. The summed E-state index contributed by atoms with van der Waals surface area (Å²) in [7, 11) is 0. The van der Waals surface area contributed by atoms with Gasteiger partial charge >= 0.3 is 0 Å². The number of nitrogens with zero attached hydrogens (tertiary/aromatic N) is 1. The van der Waals surface area contributed by atoms with Crippen LogP contribution in [0.25, 0.3) is 10.9 Å². The average Bonchev–Trinajstić information content (AvgIpc) is 2.98. The smallest absolute Gasteiger partial charge is 0.252 e. The maximum absolute atomic E-state index is 12.3. The first-order valence-electron chi connectivity index (χ1n) is 6.69. The first-order chi connectivity index (χ1) is 9.75. The van der Waals surface area contributed by atoms with Crippen LogP contribution in [-0.2, 0) is 4.74 Å². The number of carbonyl (C=O) groups is 1. The lowest BCUT2D eigenvalue weighted by atomic mass is 10.1. The van der Waals surface area contributed by atoms with Crippen LogP contribution in [0.1, 0.15) is 23.2 Å². The highest BCUT2D eigenvalue weighted by Gasteiger charge is 2.17. The Hall–Kier alpha value is -1.46. The standard InChI is InChI=1S/C15H15BrN2O2/c16-13-5-1-4-11-12(6-7-17-14(11)13)15(19)18-9-10-3-2-8-20-10/h1,4-7,10H,2-3,8-9H2,(H,18,19)/t10-/m1/s1. The molecule has 0 unspecified atom stereocenters. The van der Waals surface area contributed by atoms with E-state index in [1.807, 2.05) is 18.2 Å². The van der Waals surface area contributed by atoms with E-state index in [1.54, 1.807) is 12.3 Å². The highest BCUT2D eigenvalue weighted by molar-refractivity contribution is 9.10. The van der Waals surface area contributed by atoms with Crippen molar-refractivity contribution >= 4 is 32.7 Å². The van der Waals surface area contributed by atoms with Crippen LogP contribution in [0.4, 0.5) is 0 Å². The van der Waals surface area contributed by atoms with Crippen molar-refractivity contribution in [3.8, 4) is 0 Å². The molecule has 1 aliphatic rings. The van der Waals surface area contributed by atoms with Gasteiger partial charge in [-0.25, -0.2) is 0 Å². The Labute approximate surface area is 125 Å². The Kier molecular flexibility index (Phi) is 3.98. The molecule has 1 fully saturated rings. The number of hydrogen-bond acceptors (Lipinski definition) is 3. The summed E-state index contributed by atoms with van der Waals surface area (Å²) in [5, 5.41) is 3.80. The lowest BCUT2D eigenvalue weighted by Gasteiger charge is -2.12. The normalized spacial score (nSPS) is 18.4. The molecular formula is C15H15BrN2O2. The third-order valence-corrected chi connectivity index (χ3v) is 4.12. The second kappa shape index (κ2) is 5.89. The van der Waals surface area contributed by atoms with Gasteiger partial charge in [0, 0.05) is 29.2 Å². The number of amides is 1. The van der Waals surface area contributed by atoms with Gasteiger partial charge in [0.05, 0.1) is 17.2 Å². The monoisotopic (exact) mass is 334 g/mol. The highest BCUT2D eigenvalue weighted by Crippen LogP contribution is 2.24. The highest BCUT2D eigenvalue weighted by atomic mass is 79.9. The van der Waals surface area contributed by atoms with E-state index in [-0.39, 0.29) is 12.0 Å². The molecule has 2 aromatic rings. The molecule has 1 N–H and O–H groups in total. The van der Waals surface area contributed by atoms with Crippen LogP contribution in [0.15, 0.2) is 34.9 Å². The molecule has 4 nitrogen and oxygen atoms in total. The quantitative estimate of drug-likeness (QED) is 0.938. The number of hydrogen-bond donors (Lipinski definition) is 1. The van der Waals surface area contributed by atoms with Gasteiger partial charge in [0.15, 0.2) is 0 Å². The summed E-state index contributed by atoms with van der Waals surface area (Å²) in [6.07, 6.45) is 3.90. The lowest BCUT2D eigenvalue weighted by Crippen LogP contribution is -2.31. The number of halogens is 1. The minimum atomic E-state index is -0.0778. The van der Waals surface area contributed by atoms with Crippen molar-refractivity contribution in [1.29, 1.82) is 0 Å². The molecule has 0 saturated carbocycles. The van der Waals surface area contributed by atoms with Gasteiger partial charge < -0.3 is 10.1 Å². The maximum Gasteiger partial charge on any atom is 0.252 e. The van der Waals surface area contributed by atoms with Crippen molar-refractivity contribution in [2.45, 2.75) is 18.9 Å². The maximum atomic E-state index is 12.3. The fraction of sp³-hybridized carbons (Fsp3) is 0.333. The molecule has 1 aromatic carbocycles. The molecule has 5 heteroatoms. The van der Waals surface area contributed by atoms with Crippen molar-refractivity contribution in [2.75, 3.05) is 13.2 Å². The Bertz CT molecular complexity index is 639. The number of para-hydroxylation sites is 1. The van der Waals surface area contributed by atoms with E-state index in [9.17, 15) is 4.79 Å². The number of rotatable bonds is 3. The summed E-state index contributed by atoms with van der Waals surface area (Å²) in [6.45, 7) is 1.36. The molecule has 1 atom stereocenters. The number of carbonyl (C=O) groups excluding carboxylic acids is 1. The third-order valence-electron chi connectivity index (χ3n) is 3.48.